The number of benzene rings is 2. The van der Waals surface area contributed by atoms with Crippen molar-refractivity contribution in [1.82, 2.24) is 9.55 Å². The summed E-state index contributed by atoms with van der Waals surface area (Å²) in [7, 11) is 0. The molecule has 0 aliphatic carbocycles. The van der Waals surface area contributed by atoms with E-state index >= 15 is 0 Å². The van der Waals surface area contributed by atoms with Crippen LogP contribution in [0.15, 0.2) is 54.9 Å². The molecular formula is C18H18N2O. The fourth-order valence-electron chi connectivity index (χ4n) is 2.56. The smallest absolute Gasteiger partial charge is 0.185 e. The van der Waals surface area contributed by atoms with Gasteiger partial charge in [0.2, 0.25) is 0 Å². The summed E-state index contributed by atoms with van der Waals surface area (Å²) in [6.45, 7) is 4.03. The predicted molar refractivity (Wildman–Crippen MR) is 84.6 cm³/mol. The van der Waals surface area contributed by atoms with E-state index in [0.717, 1.165) is 23.0 Å². The number of hydrogen-bond donors (Lipinski definition) is 0. The average Bonchev–Trinajstić information content (AvgIpc) is 2.97. The minimum Gasteiger partial charge on any atom is -0.320 e. The SMILES string of the molecule is CCc1ccc(C(=O)C(C)n2cnc3ccccc32)cc1. The van der Waals surface area contributed by atoms with Crippen LogP contribution in [0.25, 0.3) is 11.0 Å². The van der Waals surface area contributed by atoms with Crippen molar-refractivity contribution in [3.63, 3.8) is 0 Å². The van der Waals surface area contributed by atoms with Gasteiger partial charge in [0.15, 0.2) is 5.78 Å². The van der Waals surface area contributed by atoms with E-state index in [1.165, 1.54) is 5.56 Å². The van der Waals surface area contributed by atoms with Crippen LogP contribution < -0.4 is 0 Å². The van der Waals surface area contributed by atoms with Crippen molar-refractivity contribution >= 4 is 16.8 Å². The van der Waals surface area contributed by atoms with Gasteiger partial charge >= 0.3 is 0 Å². The van der Waals surface area contributed by atoms with E-state index in [1.54, 1.807) is 6.33 Å². The average molecular weight is 278 g/mol. The molecule has 0 amide bonds. The van der Waals surface area contributed by atoms with Crippen LogP contribution in [0.2, 0.25) is 0 Å². The molecule has 1 heterocycles. The van der Waals surface area contributed by atoms with Crippen molar-refractivity contribution in [2.24, 2.45) is 0 Å². The first kappa shape index (κ1) is 13.6. The monoisotopic (exact) mass is 278 g/mol. The molecule has 0 saturated carbocycles. The lowest BCUT2D eigenvalue weighted by Crippen LogP contribution is -2.16. The number of rotatable bonds is 4. The topological polar surface area (TPSA) is 34.9 Å². The lowest BCUT2D eigenvalue weighted by molar-refractivity contribution is 0.0937. The number of Topliss-reactive ketones (excluding diaryl/α,β-unsaturated/α-hetero) is 1. The predicted octanol–water partition coefficient (Wildman–Crippen LogP) is 4.04. The van der Waals surface area contributed by atoms with Crippen LogP contribution in [0.5, 0.6) is 0 Å². The molecule has 3 heteroatoms. The van der Waals surface area contributed by atoms with Crippen LogP contribution in [-0.4, -0.2) is 15.3 Å². The summed E-state index contributed by atoms with van der Waals surface area (Å²) in [6.07, 6.45) is 2.73. The number of fused-ring (bicyclic) bond motifs is 1. The van der Waals surface area contributed by atoms with Gasteiger partial charge in [0.05, 0.1) is 23.4 Å². The summed E-state index contributed by atoms with van der Waals surface area (Å²) >= 11 is 0. The van der Waals surface area contributed by atoms with Crippen molar-refractivity contribution in [1.29, 1.82) is 0 Å². The number of carbonyl (C=O) groups excluding carboxylic acids is 1. The molecule has 106 valence electrons. The maximum atomic E-state index is 12.6. The lowest BCUT2D eigenvalue weighted by Gasteiger charge is -2.13. The molecule has 0 spiro atoms. The largest absolute Gasteiger partial charge is 0.320 e. The van der Waals surface area contributed by atoms with Gasteiger partial charge in [0, 0.05) is 5.56 Å². The standard InChI is InChI=1S/C18H18N2O/c1-3-14-8-10-15(11-9-14)18(21)13(2)20-12-19-16-6-4-5-7-17(16)20/h4-13H,3H2,1-2H3. The molecule has 0 radical (unpaired) electrons. The molecule has 1 aromatic heterocycles. The normalized spacial score (nSPS) is 12.5. The molecule has 0 aliphatic rings. The van der Waals surface area contributed by atoms with Crippen LogP contribution in [-0.2, 0) is 6.42 Å². The third-order valence-corrected chi connectivity index (χ3v) is 3.92. The van der Waals surface area contributed by atoms with E-state index in [2.05, 4.69) is 11.9 Å². The second-order valence-corrected chi connectivity index (χ2v) is 5.23. The van der Waals surface area contributed by atoms with Crippen LogP contribution in [0, 0.1) is 0 Å². The fourth-order valence-corrected chi connectivity index (χ4v) is 2.56. The second kappa shape index (κ2) is 5.52. The summed E-state index contributed by atoms with van der Waals surface area (Å²) in [6, 6.07) is 15.5. The Morgan fingerprint density at radius 1 is 1.14 bits per heavy atom. The van der Waals surface area contributed by atoms with Crippen molar-refractivity contribution in [3.8, 4) is 0 Å². The Labute approximate surface area is 124 Å². The number of imidazole rings is 1. The first-order valence-electron chi connectivity index (χ1n) is 7.25. The summed E-state index contributed by atoms with van der Waals surface area (Å²) in [4.78, 5) is 17.0. The number of ketones is 1. The molecule has 21 heavy (non-hydrogen) atoms. The van der Waals surface area contributed by atoms with Gasteiger partial charge in [-0.15, -0.1) is 0 Å². The van der Waals surface area contributed by atoms with E-state index < -0.39 is 0 Å². The zero-order chi connectivity index (χ0) is 14.8. The Morgan fingerprint density at radius 3 is 2.57 bits per heavy atom. The molecular weight excluding hydrogens is 260 g/mol. The molecule has 0 fully saturated rings. The van der Waals surface area contributed by atoms with Crippen LogP contribution >= 0.6 is 0 Å². The van der Waals surface area contributed by atoms with Gasteiger partial charge < -0.3 is 4.57 Å². The van der Waals surface area contributed by atoms with E-state index in [-0.39, 0.29) is 11.8 Å². The van der Waals surface area contributed by atoms with Gasteiger partial charge in [0.25, 0.3) is 0 Å². The fraction of sp³-hybridized carbons (Fsp3) is 0.222. The van der Waals surface area contributed by atoms with Gasteiger partial charge in [-0.05, 0) is 31.0 Å². The summed E-state index contributed by atoms with van der Waals surface area (Å²) in [5.41, 5.74) is 3.90. The number of para-hydroxylation sites is 2. The quantitative estimate of drug-likeness (QED) is 0.675. The molecule has 3 aromatic rings. The Bertz CT molecular complexity index is 771. The molecule has 0 bridgehead atoms. The van der Waals surface area contributed by atoms with E-state index in [9.17, 15) is 4.79 Å². The third-order valence-electron chi connectivity index (χ3n) is 3.92. The number of carbonyl (C=O) groups is 1. The van der Waals surface area contributed by atoms with Crippen molar-refractivity contribution < 1.29 is 4.79 Å². The van der Waals surface area contributed by atoms with Crippen LogP contribution in [0.3, 0.4) is 0 Å². The zero-order valence-corrected chi connectivity index (χ0v) is 12.3. The second-order valence-electron chi connectivity index (χ2n) is 5.23. The molecule has 1 unspecified atom stereocenters. The highest BCUT2D eigenvalue weighted by molar-refractivity contribution is 5.99. The Morgan fingerprint density at radius 2 is 1.86 bits per heavy atom. The van der Waals surface area contributed by atoms with Gasteiger partial charge in [-0.25, -0.2) is 4.98 Å². The third kappa shape index (κ3) is 2.47. The highest BCUT2D eigenvalue weighted by Gasteiger charge is 2.18. The summed E-state index contributed by atoms with van der Waals surface area (Å²) in [5.74, 6) is 0.112. The molecule has 3 rings (SSSR count). The first-order valence-corrected chi connectivity index (χ1v) is 7.25. The minimum absolute atomic E-state index is 0.112. The Hall–Kier alpha value is -2.42. The molecule has 1 atom stereocenters. The molecule has 0 aliphatic heterocycles. The molecule has 0 N–H and O–H groups in total. The summed E-state index contributed by atoms with van der Waals surface area (Å²) in [5, 5.41) is 0. The number of nitrogens with zero attached hydrogens (tertiary/aromatic N) is 2. The van der Waals surface area contributed by atoms with Crippen molar-refractivity contribution in [2.45, 2.75) is 26.3 Å². The molecule has 3 nitrogen and oxygen atoms in total. The van der Waals surface area contributed by atoms with E-state index in [0.29, 0.717) is 0 Å². The molecule has 0 saturated heterocycles. The first-order chi connectivity index (χ1) is 10.2. The van der Waals surface area contributed by atoms with Crippen LogP contribution in [0.1, 0.15) is 35.8 Å². The van der Waals surface area contributed by atoms with E-state index in [4.69, 9.17) is 0 Å². The number of aryl methyl sites for hydroxylation is 1. The van der Waals surface area contributed by atoms with E-state index in [1.807, 2.05) is 60.0 Å². The van der Waals surface area contributed by atoms with Crippen molar-refractivity contribution in [2.75, 3.05) is 0 Å². The molecule has 2 aromatic carbocycles. The number of aromatic nitrogens is 2. The highest BCUT2D eigenvalue weighted by Crippen LogP contribution is 2.21. The van der Waals surface area contributed by atoms with Gasteiger partial charge in [-0.2, -0.15) is 0 Å². The minimum atomic E-state index is -0.259. The highest BCUT2D eigenvalue weighted by atomic mass is 16.1. The van der Waals surface area contributed by atoms with Gasteiger partial charge in [-0.3, -0.25) is 4.79 Å². The zero-order valence-electron chi connectivity index (χ0n) is 12.3. The maximum Gasteiger partial charge on any atom is 0.185 e. The van der Waals surface area contributed by atoms with Gasteiger partial charge in [-0.1, -0.05) is 43.3 Å². The Balaban J connectivity index is 1.93. The summed E-state index contributed by atoms with van der Waals surface area (Å²) < 4.78 is 1.94. The van der Waals surface area contributed by atoms with Crippen molar-refractivity contribution in [3.05, 3.63) is 66.0 Å². The number of hydrogen-bond acceptors (Lipinski definition) is 2. The lowest BCUT2D eigenvalue weighted by atomic mass is 10.0. The maximum absolute atomic E-state index is 12.6. The Kier molecular flexibility index (Phi) is 3.57. The van der Waals surface area contributed by atoms with Gasteiger partial charge in [0.1, 0.15) is 0 Å². The van der Waals surface area contributed by atoms with Crippen LogP contribution in [0.4, 0.5) is 0 Å².